The highest BCUT2D eigenvalue weighted by Gasteiger charge is 2.20. The van der Waals surface area contributed by atoms with Crippen LogP contribution in [0, 0.1) is 13.8 Å². The molecular weight excluding hydrogens is 326 g/mol. The highest BCUT2D eigenvalue weighted by molar-refractivity contribution is 7.99. The lowest BCUT2D eigenvalue weighted by Crippen LogP contribution is -2.25. The monoisotopic (exact) mass is 347 g/mol. The first-order chi connectivity index (χ1) is 11.5. The minimum Gasteiger partial charge on any atom is -0.376 e. The Labute approximate surface area is 144 Å². The van der Waals surface area contributed by atoms with Gasteiger partial charge in [-0.05, 0) is 43.9 Å². The van der Waals surface area contributed by atoms with Crippen molar-refractivity contribution in [1.82, 2.24) is 14.8 Å². The largest absolute Gasteiger partial charge is 0.376 e. The van der Waals surface area contributed by atoms with Gasteiger partial charge in [0.25, 0.3) is 0 Å². The molecule has 0 aliphatic carbocycles. The number of H-pyrrole nitrogens is 1. The second-order valence-electron chi connectivity index (χ2n) is 6.07. The van der Waals surface area contributed by atoms with E-state index < -0.39 is 0 Å². The minimum atomic E-state index is -0.258. The van der Waals surface area contributed by atoms with Crippen LogP contribution in [0.5, 0.6) is 0 Å². The number of carbonyl (C=O) groups excluding carboxylic acids is 1. The Hall–Kier alpha value is -1.86. The van der Waals surface area contributed by atoms with E-state index in [9.17, 15) is 9.59 Å². The van der Waals surface area contributed by atoms with Crippen LogP contribution in [0.3, 0.4) is 0 Å². The summed E-state index contributed by atoms with van der Waals surface area (Å²) in [4.78, 5) is 24.3. The van der Waals surface area contributed by atoms with E-state index in [4.69, 9.17) is 4.74 Å². The van der Waals surface area contributed by atoms with Crippen molar-refractivity contribution >= 4 is 17.5 Å². The zero-order valence-electron chi connectivity index (χ0n) is 13.9. The van der Waals surface area contributed by atoms with Gasteiger partial charge in [0.05, 0.1) is 18.4 Å². The molecule has 1 unspecified atom stereocenters. The summed E-state index contributed by atoms with van der Waals surface area (Å²) in [6.45, 7) is 5.23. The zero-order chi connectivity index (χ0) is 17.1. The van der Waals surface area contributed by atoms with Crippen molar-refractivity contribution in [1.29, 1.82) is 0 Å². The number of ketones is 1. The molecule has 1 fully saturated rings. The summed E-state index contributed by atoms with van der Waals surface area (Å²) in [5.74, 6) is 0.278. The molecule has 128 valence electrons. The lowest BCUT2D eigenvalue weighted by atomic mass is 10.0. The molecule has 0 saturated carbocycles. The molecule has 1 saturated heterocycles. The average molecular weight is 347 g/mol. The fraction of sp³-hybridized carbons (Fsp3) is 0.471. The van der Waals surface area contributed by atoms with Crippen molar-refractivity contribution in [3.05, 3.63) is 45.4 Å². The van der Waals surface area contributed by atoms with Gasteiger partial charge in [-0.1, -0.05) is 23.9 Å². The summed E-state index contributed by atoms with van der Waals surface area (Å²) in [6.07, 6.45) is 2.02. The van der Waals surface area contributed by atoms with Crippen LogP contribution in [0.2, 0.25) is 0 Å². The fourth-order valence-electron chi connectivity index (χ4n) is 2.69. The highest BCUT2D eigenvalue weighted by atomic mass is 32.2. The van der Waals surface area contributed by atoms with E-state index in [1.807, 2.05) is 32.0 Å². The van der Waals surface area contributed by atoms with Crippen LogP contribution in [0.25, 0.3) is 0 Å². The second kappa shape index (κ2) is 7.36. The fourth-order valence-corrected chi connectivity index (χ4v) is 3.55. The number of ether oxygens (including phenoxy) is 1. The van der Waals surface area contributed by atoms with E-state index in [1.165, 1.54) is 11.8 Å². The van der Waals surface area contributed by atoms with Crippen LogP contribution in [-0.2, 0) is 11.3 Å². The maximum atomic E-state index is 12.4. The maximum absolute atomic E-state index is 12.4. The Balaban J connectivity index is 1.66. The Morgan fingerprint density at radius 2 is 2.25 bits per heavy atom. The van der Waals surface area contributed by atoms with Gasteiger partial charge < -0.3 is 4.74 Å². The summed E-state index contributed by atoms with van der Waals surface area (Å²) in [5.41, 5.74) is 2.69. The molecule has 7 heteroatoms. The molecule has 1 atom stereocenters. The van der Waals surface area contributed by atoms with E-state index >= 15 is 0 Å². The quantitative estimate of drug-likeness (QED) is 0.641. The topological polar surface area (TPSA) is 77.0 Å². The summed E-state index contributed by atoms with van der Waals surface area (Å²) >= 11 is 1.28. The number of aromatic nitrogens is 3. The summed E-state index contributed by atoms with van der Waals surface area (Å²) in [5, 5.41) is 7.03. The van der Waals surface area contributed by atoms with Crippen LogP contribution in [0.4, 0.5) is 0 Å². The van der Waals surface area contributed by atoms with Gasteiger partial charge in [-0.2, -0.15) is 0 Å². The Morgan fingerprint density at radius 1 is 1.42 bits per heavy atom. The molecule has 1 N–H and O–H groups in total. The second-order valence-corrected chi connectivity index (χ2v) is 7.01. The first kappa shape index (κ1) is 17.0. The predicted octanol–water partition coefficient (Wildman–Crippen LogP) is 2.34. The van der Waals surface area contributed by atoms with Gasteiger partial charge in [0.2, 0.25) is 0 Å². The zero-order valence-corrected chi connectivity index (χ0v) is 14.7. The van der Waals surface area contributed by atoms with E-state index in [0.29, 0.717) is 17.3 Å². The van der Waals surface area contributed by atoms with Gasteiger partial charge >= 0.3 is 5.69 Å². The number of benzene rings is 1. The molecule has 2 heterocycles. The number of rotatable bonds is 6. The van der Waals surface area contributed by atoms with Gasteiger partial charge in [0.15, 0.2) is 10.9 Å². The normalized spacial score (nSPS) is 17.3. The van der Waals surface area contributed by atoms with Gasteiger partial charge in [-0.3, -0.25) is 9.36 Å². The van der Waals surface area contributed by atoms with Crippen molar-refractivity contribution < 1.29 is 9.53 Å². The molecule has 1 aliphatic heterocycles. The Morgan fingerprint density at radius 3 is 2.96 bits per heavy atom. The molecule has 0 radical (unpaired) electrons. The molecule has 0 bridgehead atoms. The first-order valence-corrected chi connectivity index (χ1v) is 9.03. The summed E-state index contributed by atoms with van der Waals surface area (Å²) < 4.78 is 7.14. The van der Waals surface area contributed by atoms with E-state index in [1.54, 1.807) is 4.57 Å². The number of hydrogen-bond acceptors (Lipinski definition) is 5. The molecule has 6 nitrogen and oxygen atoms in total. The van der Waals surface area contributed by atoms with E-state index in [-0.39, 0.29) is 23.3 Å². The van der Waals surface area contributed by atoms with Crippen molar-refractivity contribution in [3.63, 3.8) is 0 Å². The third-order valence-corrected chi connectivity index (χ3v) is 5.27. The minimum absolute atomic E-state index is 0.0298. The first-order valence-electron chi connectivity index (χ1n) is 8.04. The average Bonchev–Trinajstić information content (AvgIpc) is 3.19. The van der Waals surface area contributed by atoms with Crippen LogP contribution in [0.1, 0.15) is 34.3 Å². The SMILES string of the molecule is Cc1ccc(C(=O)CSc2n[nH]c(=O)n2CC2CCCO2)cc1C. The molecular formula is C17H21N3O3S. The van der Waals surface area contributed by atoms with Crippen molar-refractivity contribution in [3.8, 4) is 0 Å². The van der Waals surface area contributed by atoms with Crippen molar-refractivity contribution in [2.45, 2.75) is 44.5 Å². The maximum Gasteiger partial charge on any atom is 0.344 e. The molecule has 24 heavy (non-hydrogen) atoms. The van der Waals surface area contributed by atoms with Crippen LogP contribution in [0.15, 0.2) is 28.2 Å². The molecule has 3 rings (SSSR count). The van der Waals surface area contributed by atoms with Gasteiger partial charge in [0.1, 0.15) is 0 Å². The van der Waals surface area contributed by atoms with Crippen LogP contribution < -0.4 is 5.69 Å². The molecule has 2 aromatic rings. The molecule has 1 aromatic carbocycles. The third kappa shape index (κ3) is 3.79. The predicted molar refractivity (Wildman–Crippen MR) is 92.8 cm³/mol. The Bertz CT molecular complexity index is 791. The van der Waals surface area contributed by atoms with Crippen molar-refractivity contribution in [2.75, 3.05) is 12.4 Å². The molecule has 0 amide bonds. The summed E-state index contributed by atoms with van der Waals surface area (Å²) in [7, 11) is 0. The van der Waals surface area contributed by atoms with Gasteiger partial charge in [0, 0.05) is 12.2 Å². The number of nitrogens with one attached hydrogen (secondary N) is 1. The smallest absolute Gasteiger partial charge is 0.344 e. The number of aryl methyl sites for hydroxylation is 2. The number of carbonyl (C=O) groups is 1. The number of Topliss-reactive ketones (excluding diaryl/α,β-unsaturated/α-hetero) is 1. The number of nitrogens with zero attached hydrogens (tertiary/aromatic N) is 2. The Kier molecular flexibility index (Phi) is 5.20. The third-order valence-electron chi connectivity index (χ3n) is 4.29. The number of thioether (sulfide) groups is 1. The molecule has 1 aromatic heterocycles. The number of aromatic amines is 1. The highest BCUT2D eigenvalue weighted by Crippen LogP contribution is 2.20. The standard InChI is InChI=1S/C17H21N3O3S/c1-11-5-6-13(8-12(11)2)15(21)10-24-17-19-18-16(22)20(17)9-14-4-3-7-23-14/h5-6,8,14H,3-4,7,9-10H2,1-2H3,(H,18,22). The van der Waals surface area contributed by atoms with Gasteiger partial charge in [-0.15, -0.1) is 5.10 Å². The van der Waals surface area contributed by atoms with Crippen molar-refractivity contribution in [2.24, 2.45) is 0 Å². The lowest BCUT2D eigenvalue weighted by Gasteiger charge is -2.11. The van der Waals surface area contributed by atoms with E-state index in [2.05, 4.69) is 10.2 Å². The lowest BCUT2D eigenvalue weighted by molar-refractivity contribution is 0.0941. The molecule has 0 spiro atoms. The molecule has 1 aliphatic rings. The van der Waals surface area contributed by atoms with Gasteiger partial charge in [-0.25, -0.2) is 9.89 Å². The van der Waals surface area contributed by atoms with Crippen LogP contribution in [-0.4, -0.2) is 39.0 Å². The van der Waals surface area contributed by atoms with E-state index in [0.717, 1.165) is 30.6 Å². The van der Waals surface area contributed by atoms with Crippen LogP contribution >= 0.6 is 11.8 Å². The summed E-state index contributed by atoms with van der Waals surface area (Å²) in [6, 6.07) is 5.70. The number of hydrogen-bond donors (Lipinski definition) is 1.